The van der Waals surface area contributed by atoms with Crippen LogP contribution in [0.15, 0.2) is 24.3 Å². The van der Waals surface area contributed by atoms with Crippen LogP contribution in [0.5, 0.6) is 0 Å². The number of carbonyl (C=O) groups excluding carboxylic acids is 2. The lowest BCUT2D eigenvalue weighted by atomic mass is 10.0. The van der Waals surface area contributed by atoms with Gasteiger partial charge in [-0.3, -0.25) is 9.59 Å². The van der Waals surface area contributed by atoms with Gasteiger partial charge >= 0.3 is 0 Å². The van der Waals surface area contributed by atoms with Gasteiger partial charge in [-0.15, -0.1) is 0 Å². The lowest BCUT2D eigenvalue weighted by molar-refractivity contribution is -0.124. The average Bonchev–Trinajstić information content (AvgIpc) is 2.98. The van der Waals surface area contributed by atoms with Crippen molar-refractivity contribution in [3.8, 4) is 0 Å². The smallest absolute Gasteiger partial charge is 0.243 e. The molecule has 21 heavy (non-hydrogen) atoms. The second kappa shape index (κ2) is 7.81. The SMILES string of the molecule is CCc1ccccc1NC(=O)CNC(=O)CC1CCCC1. The summed E-state index contributed by atoms with van der Waals surface area (Å²) in [5.41, 5.74) is 1.93. The summed E-state index contributed by atoms with van der Waals surface area (Å²) in [6.07, 6.45) is 6.16. The first-order valence-electron chi connectivity index (χ1n) is 7.83. The number of benzene rings is 1. The molecule has 114 valence electrons. The molecular weight excluding hydrogens is 264 g/mol. The van der Waals surface area contributed by atoms with Gasteiger partial charge in [0.05, 0.1) is 6.54 Å². The third-order valence-electron chi connectivity index (χ3n) is 4.07. The van der Waals surface area contributed by atoms with Crippen molar-refractivity contribution >= 4 is 17.5 Å². The molecule has 0 bridgehead atoms. The van der Waals surface area contributed by atoms with E-state index in [1.807, 2.05) is 31.2 Å². The van der Waals surface area contributed by atoms with Gasteiger partial charge in [0, 0.05) is 12.1 Å². The third-order valence-corrected chi connectivity index (χ3v) is 4.07. The van der Waals surface area contributed by atoms with Gasteiger partial charge < -0.3 is 10.6 Å². The van der Waals surface area contributed by atoms with E-state index in [2.05, 4.69) is 10.6 Å². The van der Waals surface area contributed by atoms with Crippen molar-refractivity contribution in [1.82, 2.24) is 5.32 Å². The van der Waals surface area contributed by atoms with Gasteiger partial charge in [0.15, 0.2) is 0 Å². The topological polar surface area (TPSA) is 58.2 Å². The summed E-state index contributed by atoms with van der Waals surface area (Å²) >= 11 is 0. The molecule has 0 saturated heterocycles. The van der Waals surface area contributed by atoms with Gasteiger partial charge in [-0.1, -0.05) is 38.0 Å². The van der Waals surface area contributed by atoms with Crippen LogP contribution in [0, 0.1) is 5.92 Å². The van der Waals surface area contributed by atoms with Crippen molar-refractivity contribution in [1.29, 1.82) is 0 Å². The molecule has 0 atom stereocenters. The van der Waals surface area contributed by atoms with Crippen molar-refractivity contribution in [2.45, 2.75) is 45.4 Å². The fourth-order valence-corrected chi connectivity index (χ4v) is 2.87. The van der Waals surface area contributed by atoms with Crippen molar-refractivity contribution < 1.29 is 9.59 Å². The zero-order valence-corrected chi connectivity index (χ0v) is 12.7. The summed E-state index contributed by atoms with van der Waals surface area (Å²) in [5, 5.41) is 5.57. The first kappa shape index (κ1) is 15.5. The summed E-state index contributed by atoms with van der Waals surface area (Å²) in [4.78, 5) is 23.7. The molecule has 2 N–H and O–H groups in total. The molecular formula is C17H24N2O2. The zero-order valence-electron chi connectivity index (χ0n) is 12.7. The molecule has 4 nitrogen and oxygen atoms in total. The van der Waals surface area contributed by atoms with Crippen LogP contribution in [0.4, 0.5) is 5.69 Å². The minimum atomic E-state index is -0.171. The maximum Gasteiger partial charge on any atom is 0.243 e. The number of nitrogens with one attached hydrogen (secondary N) is 2. The number of rotatable bonds is 6. The Hall–Kier alpha value is -1.84. The van der Waals surface area contributed by atoms with E-state index in [-0.39, 0.29) is 18.4 Å². The molecule has 0 spiro atoms. The Morgan fingerprint density at radius 1 is 1.14 bits per heavy atom. The van der Waals surface area contributed by atoms with Gasteiger partial charge in [-0.2, -0.15) is 0 Å². The summed E-state index contributed by atoms with van der Waals surface area (Å²) in [5.74, 6) is 0.324. The Balaban J connectivity index is 1.75. The van der Waals surface area contributed by atoms with Crippen LogP contribution >= 0.6 is 0 Å². The number of anilines is 1. The van der Waals surface area contributed by atoms with Crippen LogP contribution < -0.4 is 10.6 Å². The number of aryl methyl sites for hydroxylation is 1. The maximum absolute atomic E-state index is 11.9. The fraction of sp³-hybridized carbons (Fsp3) is 0.529. The zero-order chi connectivity index (χ0) is 15.1. The van der Waals surface area contributed by atoms with Crippen LogP contribution in [0.25, 0.3) is 0 Å². The monoisotopic (exact) mass is 288 g/mol. The number of hydrogen-bond acceptors (Lipinski definition) is 2. The Labute approximate surface area is 126 Å². The highest BCUT2D eigenvalue weighted by molar-refractivity contribution is 5.95. The van der Waals surface area contributed by atoms with Gasteiger partial charge in [0.1, 0.15) is 0 Å². The van der Waals surface area contributed by atoms with E-state index in [1.54, 1.807) is 0 Å². The Kier molecular flexibility index (Phi) is 5.78. The van der Waals surface area contributed by atoms with E-state index in [4.69, 9.17) is 0 Å². The molecule has 0 aliphatic heterocycles. The number of para-hydroxylation sites is 1. The molecule has 1 aromatic carbocycles. The molecule has 1 saturated carbocycles. The molecule has 1 aromatic rings. The molecule has 1 fully saturated rings. The van der Waals surface area contributed by atoms with Crippen LogP contribution in [0.1, 0.15) is 44.6 Å². The fourth-order valence-electron chi connectivity index (χ4n) is 2.87. The Morgan fingerprint density at radius 2 is 1.86 bits per heavy atom. The number of hydrogen-bond donors (Lipinski definition) is 2. The minimum absolute atomic E-state index is 0.0131. The molecule has 4 heteroatoms. The standard InChI is InChI=1S/C17H24N2O2/c1-2-14-9-5-6-10-15(14)19-17(21)12-18-16(20)11-13-7-3-4-8-13/h5-6,9-10,13H,2-4,7-8,11-12H2,1H3,(H,18,20)(H,19,21). The highest BCUT2D eigenvalue weighted by atomic mass is 16.2. The Bertz CT molecular complexity index is 493. The Morgan fingerprint density at radius 3 is 2.57 bits per heavy atom. The molecule has 1 aliphatic rings. The van der Waals surface area contributed by atoms with E-state index in [1.165, 1.54) is 12.8 Å². The van der Waals surface area contributed by atoms with E-state index in [0.717, 1.165) is 30.5 Å². The second-order valence-electron chi connectivity index (χ2n) is 5.69. The molecule has 2 amide bonds. The molecule has 0 aromatic heterocycles. The lowest BCUT2D eigenvalue weighted by Crippen LogP contribution is -2.33. The predicted molar refractivity (Wildman–Crippen MR) is 84.0 cm³/mol. The summed E-state index contributed by atoms with van der Waals surface area (Å²) in [7, 11) is 0. The number of amides is 2. The van der Waals surface area contributed by atoms with E-state index in [9.17, 15) is 9.59 Å². The van der Waals surface area contributed by atoms with Crippen LogP contribution in [-0.4, -0.2) is 18.4 Å². The first-order valence-corrected chi connectivity index (χ1v) is 7.83. The highest BCUT2D eigenvalue weighted by Gasteiger charge is 2.18. The molecule has 0 heterocycles. The van der Waals surface area contributed by atoms with Gasteiger partial charge in [0.25, 0.3) is 0 Å². The first-order chi connectivity index (χ1) is 10.2. The van der Waals surface area contributed by atoms with Gasteiger partial charge in [-0.25, -0.2) is 0 Å². The summed E-state index contributed by atoms with van der Waals surface area (Å²) in [6, 6.07) is 7.73. The quantitative estimate of drug-likeness (QED) is 0.845. The normalized spacial score (nSPS) is 14.9. The molecule has 0 unspecified atom stereocenters. The molecule has 1 aliphatic carbocycles. The molecule has 2 rings (SSSR count). The predicted octanol–water partition coefficient (Wildman–Crippen LogP) is 2.88. The second-order valence-corrected chi connectivity index (χ2v) is 5.69. The van der Waals surface area contributed by atoms with E-state index >= 15 is 0 Å². The van der Waals surface area contributed by atoms with Crippen molar-refractivity contribution in [3.05, 3.63) is 29.8 Å². The molecule has 0 radical (unpaired) electrons. The van der Waals surface area contributed by atoms with Crippen molar-refractivity contribution in [3.63, 3.8) is 0 Å². The van der Waals surface area contributed by atoms with Gasteiger partial charge in [0.2, 0.25) is 11.8 Å². The largest absolute Gasteiger partial charge is 0.347 e. The third kappa shape index (κ3) is 4.88. The van der Waals surface area contributed by atoms with Crippen molar-refractivity contribution in [2.75, 3.05) is 11.9 Å². The van der Waals surface area contributed by atoms with Crippen LogP contribution in [0.3, 0.4) is 0 Å². The number of carbonyl (C=O) groups is 2. The lowest BCUT2D eigenvalue weighted by Gasteiger charge is -2.11. The average molecular weight is 288 g/mol. The van der Waals surface area contributed by atoms with E-state index < -0.39 is 0 Å². The summed E-state index contributed by atoms with van der Waals surface area (Å²) in [6.45, 7) is 2.10. The van der Waals surface area contributed by atoms with Crippen molar-refractivity contribution in [2.24, 2.45) is 5.92 Å². The van der Waals surface area contributed by atoms with Crippen LogP contribution in [0.2, 0.25) is 0 Å². The van der Waals surface area contributed by atoms with Crippen LogP contribution in [-0.2, 0) is 16.0 Å². The maximum atomic E-state index is 11.9. The minimum Gasteiger partial charge on any atom is -0.347 e. The summed E-state index contributed by atoms with van der Waals surface area (Å²) < 4.78 is 0. The van der Waals surface area contributed by atoms with Gasteiger partial charge in [-0.05, 0) is 36.8 Å². The highest BCUT2D eigenvalue weighted by Crippen LogP contribution is 2.27. The van der Waals surface area contributed by atoms with E-state index in [0.29, 0.717) is 12.3 Å².